The normalized spacial score (nSPS) is 9.44. The average molecular weight is 160 g/mol. The van der Waals surface area contributed by atoms with E-state index in [1.807, 2.05) is 18.2 Å². The summed E-state index contributed by atoms with van der Waals surface area (Å²) in [6.45, 7) is 0. The highest BCUT2D eigenvalue weighted by Crippen LogP contribution is 2.14. The van der Waals surface area contributed by atoms with Gasteiger partial charge in [-0.25, -0.2) is 4.98 Å². The Labute approximate surface area is 63.4 Å². The first-order chi connectivity index (χ1) is 4.43. The molecule has 0 radical (unpaired) electrons. The van der Waals surface area contributed by atoms with Crippen LogP contribution in [0.3, 0.4) is 0 Å². The van der Waals surface area contributed by atoms with E-state index in [4.69, 9.17) is 11.6 Å². The Hall–Kier alpha value is -0.210. The van der Waals surface area contributed by atoms with E-state index in [9.17, 15) is 0 Å². The van der Waals surface area contributed by atoms with Gasteiger partial charge in [0.2, 0.25) is 0 Å². The predicted molar refractivity (Wildman–Crippen MR) is 40.8 cm³/mol. The summed E-state index contributed by atoms with van der Waals surface area (Å²) in [6.07, 6.45) is 1.76. The molecule has 1 aromatic heterocycles. The lowest BCUT2D eigenvalue weighted by Gasteiger charge is -1.91. The van der Waals surface area contributed by atoms with Gasteiger partial charge >= 0.3 is 0 Å². The second kappa shape index (κ2) is 3.75. The fourth-order valence-corrected chi connectivity index (χ4v) is 1.25. The summed E-state index contributed by atoms with van der Waals surface area (Å²) < 4.78 is 0. The molecule has 0 aliphatic rings. The van der Waals surface area contributed by atoms with Crippen LogP contribution in [-0.4, -0.2) is 10.2 Å². The van der Waals surface area contributed by atoms with Crippen molar-refractivity contribution in [3.63, 3.8) is 0 Å². The van der Waals surface area contributed by atoms with Gasteiger partial charge < -0.3 is 0 Å². The third-order valence-corrected chi connectivity index (χ3v) is 1.81. The maximum absolute atomic E-state index is 5.46. The molecular formula is C6H6ClNS. The van der Waals surface area contributed by atoms with Crippen LogP contribution >= 0.6 is 23.4 Å². The molecule has 0 bridgehead atoms. The molecule has 0 unspecified atom stereocenters. The molecule has 0 atom stereocenters. The summed E-state index contributed by atoms with van der Waals surface area (Å²) in [4.78, 5) is 4.05. The summed E-state index contributed by atoms with van der Waals surface area (Å²) in [5, 5.41) is 1.55. The second-order valence-electron chi connectivity index (χ2n) is 1.42. The molecular weight excluding hydrogens is 154 g/mol. The maximum atomic E-state index is 5.46. The van der Waals surface area contributed by atoms with Gasteiger partial charge in [-0.1, -0.05) is 17.8 Å². The number of hydrogen-bond acceptors (Lipinski definition) is 2. The summed E-state index contributed by atoms with van der Waals surface area (Å²) >= 11 is 6.99. The number of nitrogens with zero attached hydrogens (tertiary/aromatic N) is 1. The molecule has 0 saturated heterocycles. The molecule has 1 aromatic rings. The van der Waals surface area contributed by atoms with E-state index in [2.05, 4.69) is 4.98 Å². The Bertz CT molecular complexity index is 166. The lowest BCUT2D eigenvalue weighted by atomic mass is 10.5. The number of thioether (sulfide) groups is 1. The molecule has 1 heterocycles. The molecule has 3 heteroatoms. The quantitative estimate of drug-likeness (QED) is 0.486. The third kappa shape index (κ3) is 2.24. The van der Waals surface area contributed by atoms with Crippen molar-refractivity contribution in [1.82, 2.24) is 4.98 Å². The number of alkyl halides is 1. The zero-order chi connectivity index (χ0) is 6.53. The first-order valence-corrected chi connectivity index (χ1v) is 4.05. The average Bonchev–Trinajstić information content (AvgIpc) is 1.91. The van der Waals surface area contributed by atoms with Crippen molar-refractivity contribution < 1.29 is 0 Å². The number of hydrogen-bond donors (Lipinski definition) is 0. The SMILES string of the molecule is ClCSc1ccccn1. The Morgan fingerprint density at radius 2 is 2.44 bits per heavy atom. The van der Waals surface area contributed by atoms with E-state index in [0.29, 0.717) is 5.21 Å². The van der Waals surface area contributed by atoms with Crippen molar-refractivity contribution in [3.8, 4) is 0 Å². The summed E-state index contributed by atoms with van der Waals surface area (Å²) in [5.74, 6) is 0. The minimum atomic E-state index is 0.566. The molecule has 0 N–H and O–H groups in total. The van der Waals surface area contributed by atoms with Crippen molar-refractivity contribution in [1.29, 1.82) is 0 Å². The van der Waals surface area contributed by atoms with E-state index in [1.165, 1.54) is 11.8 Å². The minimum absolute atomic E-state index is 0.566. The van der Waals surface area contributed by atoms with Gasteiger partial charge in [0, 0.05) is 6.20 Å². The zero-order valence-corrected chi connectivity index (χ0v) is 6.32. The first-order valence-electron chi connectivity index (χ1n) is 2.53. The van der Waals surface area contributed by atoms with E-state index < -0.39 is 0 Å². The van der Waals surface area contributed by atoms with Crippen LogP contribution in [0.25, 0.3) is 0 Å². The highest BCUT2D eigenvalue weighted by molar-refractivity contribution is 8.00. The largest absolute Gasteiger partial charge is 0.250 e. The van der Waals surface area contributed by atoms with Crippen molar-refractivity contribution in [2.75, 3.05) is 5.21 Å². The van der Waals surface area contributed by atoms with Gasteiger partial charge in [-0.3, -0.25) is 0 Å². The van der Waals surface area contributed by atoms with E-state index in [-0.39, 0.29) is 0 Å². The fourth-order valence-electron chi connectivity index (χ4n) is 0.488. The van der Waals surface area contributed by atoms with Crippen molar-refractivity contribution >= 4 is 23.4 Å². The molecule has 48 valence electrons. The molecule has 0 aromatic carbocycles. The lowest BCUT2D eigenvalue weighted by molar-refractivity contribution is 1.14. The van der Waals surface area contributed by atoms with Crippen LogP contribution in [0.5, 0.6) is 0 Å². The van der Waals surface area contributed by atoms with Crippen molar-refractivity contribution in [2.45, 2.75) is 5.03 Å². The van der Waals surface area contributed by atoms with Gasteiger partial charge in [0.15, 0.2) is 0 Å². The Morgan fingerprint density at radius 1 is 1.56 bits per heavy atom. The molecule has 0 spiro atoms. The van der Waals surface area contributed by atoms with Crippen LogP contribution < -0.4 is 0 Å². The number of pyridine rings is 1. The van der Waals surface area contributed by atoms with Crippen LogP contribution in [0.15, 0.2) is 29.4 Å². The van der Waals surface area contributed by atoms with Crippen LogP contribution in [0.2, 0.25) is 0 Å². The minimum Gasteiger partial charge on any atom is -0.250 e. The Balaban J connectivity index is 2.61. The van der Waals surface area contributed by atoms with E-state index in [1.54, 1.807) is 6.20 Å². The van der Waals surface area contributed by atoms with Gasteiger partial charge in [0.25, 0.3) is 0 Å². The monoisotopic (exact) mass is 159 g/mol. The van der Waals surface area contributed by atoms with Crippen LogP contribution in [-0.2, 0) is 0 Å². The molecule has 0 amide bonds. The van der Waals surface area contributed by atoms with Gasteiger partial charge in [-0.2, -0.15) is 0 Å². The number of rotatable bonds is 2. The second-order valence-corrected chi connectivity index (χ2v) is 3.00. The van der Waals surface area contributed by atoms with E-state index >= 15 is 0 Å². The summed E-state index contributed by atoms with van der Waals surface area (Å²) in [7, 11) is 0. The van der Waals surface area contributed by atoms with Crippen LogP contribution in [0.1, 0.15) is 0 Å². The molecule has 0 saturated carbocycles. The third-order valence-electron chi connectivity index (χ3n) is 0.840. The predicted octanol–water partition coefficient (Wildman–Crippen LogP) is 2.37. The fraction of sp³-hybridized carbons (Fsp3) is 0.167. The van der Waals surface area contributed by atoms with Gasteiger partial charge in [0.05, 0.1) is 10.2 Å². The van der Waals surface area contributed by atoms with Crippen molar-refractivity contribution in [3.05, 3.63) is 24.4 Å². The molecule has 0 fully saturated rings. The molecule has 1 nitrogen and oxygen atoms in total. The smallest absolute Gasteiger partial charge is 0.0971 e. The topological polar surface area (TPSA) is 12.9 Å². The first kappa shape index (κ1) is 6.90. The Kier molecular flexibility index (Phi) is 2.87. The van der Waals surface area contributed by atoms with Crippen LogP contribution in [0.4, 0.5) is 0 Å². The highest BCUT2D eigenvalue weighted by atomic mass is 35.5. The molecule has 1 rings (SSSR count). The lowest BCUT2D eigenvalue weighted by Crippen LogP contribution is -1.74. The molecule has 0 aliphatic carbocycles. The van der Waals surface area contributed by atoms with Gasteiger partial charge in [0.1, 0.15) is 0 Å². The van der Waals surface area contributed by atoms with Gasteiger partial charge in [-0.15, -0.1) is 11.6 Å². The summed E-state index contributed by atoms with van der Waals surface area (Å²) in [6, 6.07) is 5.77. The molecule has 9 heavy (non-hydrogen) atoms. The summed E-state index contributed by atoms with van der Waals surface area (Å²) in [5.41, 5.74) is 0. The highest BCUT2D eigenvalue weighted by Gasteiger charge is 1.87. The van der Waals surface area contributed by atoms with E-state index in [0.717, 1.165) is 5.03 Å². The maximum Gasteiger partial charge on any atom is 0.0971 e. The van der Waals surface area contributed by atoms with Crippen molar-refractivity contribution in [2.24, 2.45) is 0 Å². The number of aromatic nitrogens is 1. The standard InChI is InChI=1S/C6H6ClNS/c7-5-9-6-3-1-2-4-8-6/h1-4H,5H2. The van der Waals surface area contributed by atoms with Gasteiger partial charge in [-0.05, 0) is 12.1 Å². The van der Waals surface area contributed by atoms with Crippen LogP contribution in [0, 0.1) is 0 Å². The molecule has 0 aliphatic heterocycles. The Morgan fingerprint density at radius 3 is 3.00 bits per heavy atom. The number of halogens is 1. The zero-order valence-electron chi connectivity index (χ0n) is 4.75.